The summed E-state index contributed by atoms with van der Waals surface area (Å²) in [6.07, 6.45) is -1.27. The van der Waals surface area contributed by atoms with E-state index in [9.17, 15) is 18.4 Å². The minimum absolute atomic E-state index is 0.0192. The van der Waals surface area contributed by atoms with Crippen molar-refractivity contribution in [1.82, 2.24) is 5.32 Å². The van der Waals surface area contributed by atoms with Gasteiger partial charge in [-0.3, -0.25) is 8.78 Å². The summed E-state index contributed by atoms with van der Waals surface area (Å²) in [7, 11) is 0. The van der Waals surface area contributed by atoms with Gasteiger partial charge in [-0.1, -0.05) is 30.3 Å². The third-order valence-electron chi connectivity index (χ3n) is 2.81. The van der Waals surface area contributed by atoms with Crippen molar-refractivity contribution in [2.24, 2.45) is 5.92 Å². The molecule has 0 radical (unpaired) electrons. The van der Waals surface area contributed by atoms with E-state index in [1.54, 1.807) is 30.3 Å². The molecule has 0 aliphatic carbocycles. The number of alkyl halides is 2. The van der Waals surface area contributed by atoms with Crippen molar-refractivity contribution < 1.29 is 28.2 Å². The van der Waals surface area contributed by atoms with Crippen LogP contribution >= 0.6 is 0 Å². The Kier molecular flexibility index (Phi) is 7.14. The molecule has 0 spiro atoms. The lowest BCUT2D eigenvalue weighted by Crippen LogP contribution is -2.42. The minimum Gasteiger partial charge on any atom is -0.480 e. The van der Waals surface area contributed by atoms with E-state index < -0.39 is 37.4 Å². The summed E-state index contributed by atoms with van der Waals surface area (Å²) < 4.78 is 29.7. The lowest BCUT2D eigenvalue weighted by molar-refractivity contribution is -0.139. The summed E-state index contributed by atoms with van der Waals surface area (Å²) in [5.74, 6) is -2.42. The molecule has 1 unspecified atom stereocenters. The molecular formula is C14H17F2NO4. The van der Waals surface area contributed by atoms with Crippen LogP contribution in [-0.4, -0.2) is 36.6 Å². The molecule has 0 aliphatic rings. The summed E-state index contributed by atoms with van der Waals surface area (Å²) in [6.45, 7) is -1.99. The quantitative estimate of drug-likeness (QED) is 0.772. The zero-order valence-corrected chi connectivity index (χ0v) is 11.3. The summed E-state index contributed by atoms with van der Waals surface area (Å²) in [5, 5.41) is 11.0. The van der Waals surface area contributed by atoms with Gasteiger partial charge >= 0.3 is 12.1 Å². The first-order valence-electron chi connectivity index (χ1n) is 6.38. The van der Waals surface area contributed by atoms with E-state index in [-0.39, 0.29) is 13.0 Å². The lowest BCUT2D eigenvalue weighted by atomic mass is 10.0. The second-order valence-electron chi connectivity index (χ2n) is 4.51. The van der Waals surface area contributed by atoms with Crippen LogP contribution in [0.2, 0.25) is 0 Å². The summed E-state index contributed by atoms with van der Waals surface area (Å²) in [4.78, 5) is 22.5. The predicted molar refractivity (Wildman–Crippen MR) is 71.2 cm³/mol. The number of halogens is 2. The van der Waals surface area contributed by atoms with Crippen LogP contribution in [0.3, 0.4) is 0 Å². The van der Waals surface area contributed by atoms with Crippen LogP contribution < -0.4 is 5.32 Å². The molecule has 21 heavy (non-hydrogen) atoms. The van der Waals surface area contributed by atoms with Crippen LogP contribution in [0.25, 0.3) is 0 Å². The maximum absolute atomic E-state index is 12.4. The fourth-order valence-corrected chi connectivity index (χ4v) is 1.63. The van der Waals surface area contributed by atoms with Crippen molar-refractivity contribution in [2.45, 2.75) is 19.1 Å². The first kappa shape index (κ1) is 16.9. The number of hydrogen-bond acceptors (Lipinski definition) is 3. The number of rotatable bonds is 8. The van der Waals surface area contributed by atoms with E-state index in [1.807, 2.05) is 0 Å². The number of carboxylic acid groups (broad SMARTS) is 1. The van der Waals surface area contributed by atoms with Crippen LogP contribution in [0.15, 0.2) is 30.3 Å². The van der Waals surface area contributed by atoms with Gasteiger partial charge < -0.3 is 15.2 Å². The monoisotopic (exact) mass is 301 g/mol. The van der Waals surface area contributed by atoms with Gasteiger partial charge in [0.1, 0.15) is 12.6 Å². The number of benzene rings is 1. The van der Waals surface area contributed by atoms with Crippen molar-refractivity contribution in [3.63, 3.8) is 0 Å². The zero-order chi connectivity index (χ0) is 15.7. The summed E-state index contributed by atoms with van der Waals surface area (Å²) in [5.41, 5.74) is 0.741. The number of carbonyl (C=O) groups excluding carboxylic acids is 1. The molecule has 7 heteroatoms. The van der Waals surface area contributed by atoms with Crippen molar-refractivity contribution in [3.8, 4) is 0 Å². The molecule has 1 aromatic carbocycles. The van der Waals surface area contributed by atoms with Crippen molar-refractivity contribution >= 4 is 12.1 Å². The third kappa shape index (κ3) is 6.20. The Hall–Kier alpha value is -2.18. The highest BCUT2D eigenvalue weighted by atomic mass is 19.1. The molecule has 116 valence electrons. The summed E-state index contributed by atoms with van der Waals surface area (Å²) >= 11 is 0. The Bertz CT molecular complexity index is 452. The van der Waals surface area contributed by atoms with Crippen LogP contribution in [0.1, 0.15) is 12.0 Å². The molecular weight excluding hydrogens is 284 g/mol. The molecule has 1 rings (SSSR count). The maximum Gasteiger partial charge on any atom is 0.408 e. The Morgan fingerprint density at radius 3 is 2.33 bits per heavy atom. The lowest BCUT2D eigenvalue weighted by Gasteiger charge is -2.17. The number of carbonyl (C=O) groups is 2. The van der Waals surface area contributed by atoms with Crippen molar-refractivity contribution in [1.29, 1.82) is 0 Å². The molecule has 0 heterocycles. The standard InChI is InChI=1S/C14H17F2NO4/c15-7-11(8-16)6-12(13(18)19)17-14(20)21-9-10-4-2-1-3-5-10/h1-5,11-12H,6-9H2,(H,17,20)(H,18,19). The molecule has 1 aromatic rings. The van der Waals surface area contributed by atoms with Gasteiger partial charge in [-0.25, -0.2) is 9.59 Å². The molecule has 0 fully saturated rings. The van der Waals surface area contributed by atoms with Crippen molar-refractivity contribution in [3.05, 3.63) is 35.9 Å². The molecule has 5 nitrogen and oxygen atoms in total. The van der Waals surface area contributed by atoms with Gasteiger partial charge in [0.25, 0.3) is 0 Å². The maximum atomic E-state index is 12.4. The number of alkyl carbamates (subject to hydrolysis) is 1. The van der Waals surface area contributed by atoms with E-state index in [0.717, 1.165) is 5.56 Å². The Morgan fingerprint density at radius 1 is 1.19 bits per heavy atom. The van der Waals surface area contributed by atoms with Crippen LogP contribution in [0, 0.1) is 5.92 Å². The van der Waals surface area contributed by atoms with Gasteiger partial charge in [0.05, 0.1) is 13.3 Å². The van der Waals surface area contributed by atoms with Gasteiger partial charge in [-0.15, -0.1) is 0 Å². The first-order valence-corrected chi connectivity index (χ1v) is 6.38. The molecule has 1 amide bonds. The molecule has 0 aliphatic heterocycles. The fraction of sp³-hybridized carbons (Fsp3) is 0.429. The number of ether oxygens (including phenoxy) is 1. The third-order valence-corrected chi connectivity index (χ3v) is 2.81. The van der Waals surface area contributed by atoms with Gasteiger partial charge in [0.2, 0.25) is 0 Å². The minimum atomic E-state index is -1.38. The number of carboxylic acids is 1. The molecule has 1 atom stereocenters. The van der Waals surface area contributed by atoms with Gasteiger partial charge in [0.15, 0.2) is 0 Å². The van der Waals surface area contributed by atoms with Gasteiger partial charge in [-0.2, -0.15) is 0 Å². The summed E-state index contributed by atoms with van der Waals surface area (Å²) in [6, 6.07) is 7.43. The highest BCUT2D eigenvalue weighted by Gasteiger charge is 2.25. The van der Waals surface area contributed by atoms with E-state index in [4.69, 9.17) is 9.84 Å². The van der Waals surface area contributed by atoms with E-state index in [2.05, 4.69) is 5.32 Å². The average Bonchev–Trinajstić information content (AvgIpc) is 2.50. The molecule has 0 bridgehead atoms. The molecule has 2 N–H and O–H groups in total. The van der Waals surface area contributed by atoms with Crippen molar-refractivity contribution in [2.75, 3.05) is 13.3 Å². The highest BCUT2D eigenvalue weighted by Crippen LogP contribution is 2.10. The van der Waals surface area contributed by atoms with E-state index in [1.165, 1.54) is 0 Å². The SMILES string of the molecule is O=C(NC(CC(CF)CF)C(=O)O)OCc1ccccc1. The van der Waals surface area contributed by atoms with Crippen LogP contribution in [-0.2, 0) is 16.1 Å². The highest BCUT2D eigenvalue weighted by molar-refractivity contribution is 5.79. The first-order chi connectivity index (χ1) is 10.1. The number of nitrogens with one attached hydrogen (secondary N) is 1. The second-order valence-corrected chi connectivity index (χ2v) is 4.51. The second kappa shape index (κ2) is 8.89. The van der Waals surface area contributed by atoms with Gasteiger partial charge in [-0.05, 0) is 12.0 Å². The van der Waals surface area contributed by atoms with Crippen LogP contribution in [0.5, 0.6) is 0 Å². The molecule has 0 saturated heterocycles. The number of hydrogen-bond donors (Lipinski definition) is 2. The molecule has 0 saturated carbocycles. The Morgan fingerprint density at radius 2 is 1.81 bits per heavy atom. The average molecular weight is 301 g/mol. The van der Waals surface area contributed by atoms with E-state index in [0.29, 0.717) is 0 Å². The van der Waals surface area contributed by atoms with Gasteiger partial charge in [0, 0.05) is 5.92 Å². The zero-order valence-electron chi connectivity index (χ0n) is 11.3. The largest absolute Gasteiger partial charge is 0.480 e. The number of aliphatic carboxylic acids is 1. The molecule has 0 aromatic heterocycles. The van der Waals surface area contributed by atoms with E-state index >= 15 is 0 Å². The Labute approximate surface area is 120 Å². The normalized spacial score (nSPS) is 12.0. The fourth-order valence-electron chi connectivity index (χ4n) is 1.63. The van der Waals surface area contributed by atoms with Crippen LogP contribution in [0.4, 0.5) is 13.6 Å². The number of amides is 1. The topological polar surface area (TPSA) is 75.6 Å². The Balaban J connectivity index is 2.47. The predicted octanol–water partition coefficient (Wildman–Crippen LogP) is 2.31. The smallest absolute Gasteiger partial charge is 0.408 e.